The summed E-state index contributed by atoms with van der Waals surface area (Å²) in [7, 11) is 0. The minimum Gasteiger partial charge on any atom is -0.390 e. The van der Waals surface area contributed by atoms with Crippen LogP contribution in [0.2, 0.25) is 0 Å². The van der Waals surface area contributed by atoms with Gasteiger partial charge >= 0.3 is 0 Å². The molecule has 0 heterocycles. The van der Waals surface area contributed by atoms with E-state index in [-0.39, 0.29) is 5.41 Å². The van der Waals surface area contributed by atoms with Gasteiger partial charge in [-0.1, -0.05) is 6.42 Å². The standard InChI is InChI=1S/C11H21NO/c1-10(2,13)11(7-12)6-8-3-4-9(11)5-8/h8-9,13H,3-7,12H2,1-2H3. The second kappa shape index (κ2) is 2.71. The van der Waals surface area contributed by atoms with Crippen molar-refractivity contribution >= 4 is 0 Å². The molecule has 0 aromatic rings. The molecule has 0 aliphatic heterocycles. The second-order valence-electron chi connectivity index (χ2n) is 5.50. The van der Waals surface area contributed by atoms with E-state index in [9.17, 15) is 5.11 Å². The van der Waals surface area contributed by atoms with Crippen LogP contribution in [0.15, 0.2) is 0 Å². The van der Waals surface area contributed by atoms with Crippen molar-refractivity contribution in [1.82, 2.24) is 0 Å². The van der Waals surface area contributed by atoms with E-state index < -0.39 is 5.60 Å². The van der Waals surface area contributed by atoms with Gasteiger partial charge in [-0.3, -0.25) is 0 Å². The van der Waals surface area contributed by atoms with E-state index in [0.29, 0.717) is 12.5 Å². The summed E-state index contributed by atoms with van der Waals surface area (Å²) in [4.78, 5) is 0. The molecule has 2 nitrogen and oxygen atoms in total. The Bertz CT molecular complexity index is 209. The van der Waals surface area contributed by atoms with Crippen molar-refractivity contribution in [1.29, 1.82) is 0 Å². The topological polar surface area (TPSA) is 46.2 Å². The van der Waals surface area contributed by atoms with Crippen LogP contribution in [-0.4, -0.2) is 17.3 Å². The van der Waals surface area contributed by atoms with Crippen LogP contribution in [-0.2, 0) is 0 Å². The molecule has 2 fully saturated rings. The van der Waals surface area contributed by atoms with E-state index in [0.717, 1.165) is 12.3 Å². The van der Waals surface area contributed by atoms with Crippen LogP contribution < -0.4 is 5.73 Å². The predicted octanol–water partition coefficient (Wildman–Crippen LogP) is 1.52. The quantitative estimate of drug-likeness (QED) is 0.682. The summed E-state index contributed by atoms with van der Waals surface area (Å²) >= 11 is 0. The molecule has 2 saturated carbocycles. The normalized spacial score (nSPS) is 44.3. The molecule has 0 amide bonds. The van der Waals surface area contributed by atoms with E-state index in [1.54, 1.807) is 0 Å². The van der Waals surface area contributed by atoms with Crippen molar-refractivity contribution in [2.45, 2.75) is 45.1 Å². The summed E-state index contributed by atoms with van der Waals surface area (Å²) in [5.74, 6) is 1.53. The molecule has 0 radical (unpaired) electrons. The van der Waals surface area contributed by atoms with E-state index in [1.807, 2.05) is 13.8 Å². The zero-order valence-electron chi connectivity index (χ0n) is 8.71. The summed E-state index contributed by atoms with van der Waals surface area (Å²) in [5.41, 5.74) is 5.31. The van der Waals surface area contributed by atoms with Crippen LogP contribution in [0.5, 0.6) is 0 Å². The average Bonchev–Trinajstić information content (AvgIpc) is 2.60. The fourth-order valence-electron chi connectivity index (χ4n) is 3.69. The van der Waals surface area contributed by atoms with E-state index >= 15 is 0 Å². The molecule has 2 heteroatoms. The summed E-state index contributed by atoms with van der Waals surface area (Å²) < 4.78 is 0. The van der Waals surface area contributed by atoms with Gasteiger partial charge in [0.1, 0.15) is 0 Å². The van der Waals surface area contributed by atoms with Gasteiger partial charge < -0.3 is 10.8 Å². The minimum absolute atomic E-state index is 0.0237. The van der Waals surface area contributed by atoms with E-state index in [1.165, 1.54) is 19.3 Å². The highest BCUT2D eigenvalue weighted by Gasteiger charge is 2.56. The maximum absolute atomic E-state index is 10.2. The molecule has 0 aromatic carbocycles. The van der Waals surface area contributed by atoms with Crippen LogP contribution in [0.3, 0.4) is 0 Å². The second-order valence-corrected chi connectivity index (χ2v) is 5.50. The number of fused-ring (bicyclic) bond motifs is 2. The van der Waals surface area contributed by atoms with Crippen molar-refractivity contribution in [3.8, 4) is 0 Å². The first-order valence-corrected chi connectivity index (χ1v) is 5.42. The van der Waals surface area contributed by atoms with E-state index in [2.05, 4.69) is 0 Å². The Balaban J connectivity index is 2.27. The van der Waals surface area contributed by atoms with Crippen LogP contribution in [0, 0.1) is 17.3 Å². The highest BCUT2D eigenvalue weighted by Crippen LogP contribution is 2.59. The molecular weight excluding hydrogens is 162 g/mol. The number of hydrogen-bond donors (Lipinski definition) is 2. The van der Waals surface area contributed by atoms with Gasteiger partial charge in [0.25, 0.3) is 0 Å². The Hall–Kier alpha value is -0.0800. The van der Waals surface area contributed by atoms with Gasteiger partial charge in [0.2, 0.25) is 0 Å². The first-order chi connectivity index (χ1) is 5.99. The molecule has 0 spiro atoms. The molecule has 3 atom stereocenters. The van der Waals surface area contributed by atoms with Gasteiger partial charge in [-0.15, -0.1) is 0 Å². The van der Waals surface area contributed by atoms with Gasteiger partial charge in [0.15, 0.2) is 0 Å². The molecular formula is C11H21NO. The minimum atomic E-state index is -0.596. The zero-order chi connectivity index (χ0) is 9.69. The van der Waals surface area contributed by atoms with Crippen LogP contribution in [0.25, 0.3) is 0 Å². The molecule has 2 aliphatic rings. The molecule has 3 unspecified atom stereocenters. The van der Waals surface area contributed by atoms with Gasteiger partial charge in [0.05, 0.1) is 5.60 Å². The van der Waals surface area contributed by atoms with Crippen molar-refractivity contribution in [2.75, 3.05) is 6.54 Å². The zero-order valence-corrected chi connectivity index (χ0v) is 8.71. The fraction of sp³-hybridized carbons (Fsp3) is 1.00. The summed E-state index contributed by atoms with van der Waals surface area (Å²) in [6.45, 7) is 4.51. The van der Waals surface area contributed by atoms with Crippen molar-refractivity contribution < 1.29 is 5.11 Å². The van der Waals surface area contributed by atoms with Crippen LogP contribution >= 0.6 is 0 Å². The Labute approximate surface area is 80.5 Å². The number of aliphatic hydroxyl groups is 1. The first kappa shape index (κ1) is 9.47. The summed E-state index contributed by atoms with van der Waals surface area (Å²) in [6.07, 6.45) is 5.10. The third-order valence-corrected chi connectivity index (χ3v) is 4.56. The predicted molar refractivity (Wildman–Crippen MR) is 53.2 cm³/mol. The third-order valence-electron chi connectivity index (χ3n) is 4.56. The van der Waals surface area contributed by atoms with Crippen LogP contribution in [0.4, 0.5) is 0 Å². The largest absolute Gasteiger partial charge is 0.390 e. The van der Waals surface area contributed by atoms with Gasteiger partial charge in [-0.25, -0.2) is 0 Å². The maximum atomic E-state index is 10.2. The smallest absolute Gasteiger partial charge is 0.0662 e. The highest BCUT2D eigenvalue weighted by molar-refractivity contribution is 5.07. The highest BCUT2D eigenvalue weighted by atomic mass is 16.3. The molecule has 76 valence electrons. The Kier molecular flexibility index (Phi) is 1.97. The molecule has 13 heavy (non-hydrogen) atoms. The molecule has 2 aliphatic carbocycles. The maximum Gasteiger partial charge on any atom is 0.0662 e. The Morgan fingerprint density at radius 1 is 1.46 bits per heavy atom. The molecule has 2 rings (SSSR count). The molecule has 0 saturated heterocycles. The van der Waals surface area contributed by atoms with Crippen LogP contribution in [0.1, 0.15) is 39.5 Å². The lowest BCUT2D eigenvalue weighted by atomic mass is 9.63. The summed E-state index contributed by atoms with van der Waals surface area (Å²) in [6, 6.07) is 0. The Morgan fingerprint density at radius 2 is 2.15 bits per heavy atom. The number of nitrogens with two attached hydrogens (primary N) is 1. The Morgan fingerprint density at radius 3 is 2.38 bits per heavy atom. The van der Waals surface area contributed by atoms with Gasteiger partial charge in [-0.05, 0) is 44.9 Å². The van der Waals surface area contributed by atoms with Crippen molar-refractivity contribution in [3.63, 3.8) is 0 Å². The molecule has 3 N–H and O–H groups in total. The molecule has 2 bridgehead atoms. The number of rotatable bonds is 2. The van der Waals surface area contributed by atoms with E-state index in [4.69, 9.17) is 5.73 Å². The third kappa shape index (κ3) is 1.15. The fourth-order valence-corrected chi connectivity index (χ4v) is 3.69. The van der Waals surface area contributed by atoms with Crippen molar-refractivity contribution in [2.24, 2.45) is 23.0 Å². The molecule has 0 aromatic heterocycles. The first-order valence-electron chi connectivity index (χ1n) is 5.42. The average molecular weight is 183 g/mol. The lowest BCUT2D eigenvalue weighted by Gasteiger charge is -2.46. The lowest BCUT2D eigenvalue weighted by molar-refractivity contribution is -0.0822. The number of hydrogen-bond acceptors (Lipinski definition) is 2. The SMILES string of the molecule is CC(C)(O)C1(CN)CC2CCC1C2. The summed E-state index contributed by atoms with van der Waals surface area (Å²) in [5, 5.41) is 10.2. The monoisotopic (exact) mass is 183 g/mol. The van der Waals surface area contributed by atoms with Gasteiger partial charge in [0, 0.05) is 12.0 Å². The lowest BCUT2D eigenvalue weighted by Crippen LogP contribution is -2.52. The van der Waals surface area contributed by atoms with Gasteiger partial charge in [-0.2, -0.15) is 0 Å². The van der Waals surface area contributed by atoms with Crippen molar-refractivity contribution in [3.05, 3.63) is 0 Å².